The Morgan fingerprint density at radius 2 is 2.04 bits per heavy atom. The summed E-state index contributed by atoms with van der Waals surface area (Å²) in [6.45, 7) is 3.74. The number of carbonyl (C=O) groups is 2. The fourth-order valence-electron chi connectivity index (χ4n) is 2.54. The number of ether oxygens (including phenoxy) is 2. The molecule has 2 rings (SSSR count). The quantitative estimate of drug-likeness (QED) is 0.854. The number of carboxylic acid groups (broad SMARTS) is 1. The summed E-state index contributed by atoms with van der Waals surface area (Å²) in [6.07, 6.45) is -0.158. The Balaban J connectivity index is 1.87. The Hall–Kier alpha value is -2.12. The highest BCUT2D eigenvalue weighted by molar-refractivity contribution is 5.87. The average molecular weight is 322 g/mol. The number of carbonyl (C=O) groups excluding carboxylic acids is 1. The summed E-state index contributed by atoms with van der Waals surface area (Å²) in [5, 5.41) is 11.7. The van der Waals surface area contributed by atoms with Crippen molar-refractivity contribution in [3.05, 3.63) is 35.4 Å². The van der Waals surface area contributed by atoms with E-state index in [1.807, 2.05) is 6.92 Å². The zero-order valence-electron chi connectivity index (χ0n) is 13.3. The van der Waals surface area contributed by atoms with Crippen molar-refractivity contribution in [3.8, 4) is 0 Å². The first-order chi connectivity index (χ1) is 11.0. The molecule has 7 heteroatoms. The lowest BCUT2D eigenvalue weighted by Crippen LogP contribution is -2.53. The van der Waals surface area contributed by atoms with Crippen LogP contribution in [0.4, 0.5) is 4.79 Å². The van der Waals surface area contributed by atoms with Crippen molar-refractivity contribution in [1.29, 1.82) is 0 Å². The molecule has 0 aliphatic carbocycles. The number of rotatable bonds is 5. The van der Waals surface area contributed by atoms with E-state index in [2.05, 4.69) is 5.32 Å². The number of aromatic carboxylic acids is 1. The number of hydrogen-bond donors (Lipinski definition) is 2. The van der Waals surface area contributed by atoms with Crippen LogP contribution in [0.15, 0.2) is 24.3 Å². The Morgan fingerprint density at radius 1 is 1.35 bits per heavy atom. The van der Waals surface area contributed by atoms with Gasteiger partial charge in [0, 0.05) is 20.2 Å². The summed E-state index contributed by atoms with van der Waals surface area (Å²) >= 11 is 0. The monoisotopic (exact) mass is 322 g/mol. The van der Waals surface area contributed by atoms with Gasteiger partial charge in [0.05, 0.1) is 30.9 Å². The molecule has 1 aromatic rings. The number of methoxy groups -OCH3 is 1. The van der Waals surface area contributed by atoms with Crippen LogP contribution in [0.5, 0.6) is 0 Å². The average Bonchev–Trinajstić information content (AvgIpc) is 2.52. The maximum Gasteiger partial charge on any atom is 0.335 e. The predicted octanol–water partition coefficient (Wildman–Crippen LogP) is 1.33. The van der Waals surface area contributed by atoms with Crippen molar-refractivity contribution in [1.82, 2.24) is 10.2 Å². The van der Waals surface area contributed by atoms with Gasteiger partial charge in [-0.15, -0.1) is 0 Å². The molecule has 1 aliphatic heterocycles. The van der Waals surface area contributed by atoms with Gasteiger partial charge >= 0.3 is 12.0 Å². The van der Waals surface area contributed by atoms with E-state index in [0.717, 1.165) is 5.56 Å². The molecule has 2 atom stereocenters. The Labute approximate surface area is 135 Å². The van der Waals surface area contributed by atoms with E-state index >= 15 is 0 Å². The van der Waals surface area contributed by atoms with Crippen molar-refractivity contribution in [2.45, 2.75) is 25.7 Å². The van der Waals surface area contributed by atoms with E-state index in [1.54, 1.807) is 24.1 Å². The van der Waals surface area contributed by atoms with Gasteiger partial charge in [-0.05, 0) is 24.6 Å². The van der Waals surface area contributed by atoms with Crippen LogP contribution in [-0.4, -0.2) is 61.0 Å². The second-order valence-corrected chi connectivity index (χ2v) is 5.59. The third kappa shape index (κ3) is 4.94. The molecule has 0 bridgehead atoms. The number of benzene rings is 1. The topological polar surface area (TPSA) is 88.1 Å². The van der Waals surface area contributed by atoms with Gasteiger partial charge in [-0.3, -0.25) is 0 Å². The number of hydrogen-bond acceptors (Lipinski definition) is 4. The first-order valence-electron chi connectivity index (χ1n) is 7.49. The molecule has 0 aromatic heterocycles. The maximum absolute atomic E-state index is 12.3. The van der Waals surface area contributed by atoms with Gasteiger partial charge in [0.1, 0.15) is 0 Å². The number of urea groups is 1. The number of nitrogens with zero attached hydrogens (tertiary/aromatic N) is 1. The maximum atomic E-state index is 12.3. The smallest absolute Gasteiger partial charge is 0.335 e. The second kappa shape index (κ2) is 7.94. The highest BCUT2D eigenvalue weighted by Gasteiger charge is 2.28. The number of amides is 2. The summed E-state index contributed by atoms with van der Waals surface area (Å²) in [5.74, 6) is -0.966. The molecule has 1 aromatic carbocycles. The van der Waals surface area contributed by atoms with Crippen molar-refractivity contribution in [2.24, 2.45) is 0 Å². The number of carboxylic acids is 1. The van der Waals surface area contributed by atoms with Crippen LogP contribution in [0.25, 0.3) is 0 Å². The van der Waals surface area contributed by atoms with Crippen molar-refractivity contribution in [3.63, 3.8) is 0 Å². The fraction of sp³-hybridized carbons (Fsp3) is 0.500. The van der Waals surface area contributed by atoms with Gasteiger partial charge in [-0.2, -0.15) is 0 Å². The molecule has 23 heavy (non-hydrogen) atoms. The largest absolute Gasteiger partial charge is 0.478 e. The fourth-order valence-corrected chi connectivity index (χ4v) is 2.54. The van der Waals surface area contributed by atoms with Gasteiger partial charge in [-0.25, -0.2) is 9.59 Å². The summed E-state index contributed by atoms with van der Waals surface area (Å²) in [5.41, 5.74) is 1.07. The van der Waals surface area contributed by atoms with Gasteiger partial charge in [-0.1, -0.05) is 12.1 Å². The minimum Gasteiger partial charge on any atom is -0.478 e. The Kier molecular flexibility index (Phi) is 5.95. The number of nitrogens with one attached hydrogen (secondary N) is 1. The third-order valence-electron chi connectivity index (χ3n) is 3.61. The van der Waals surface area contributed by atoms with Crippen LogP contribution in [0, 0.1) is 0 Å². The molecule has 1 fully saturated rings. The molecule has 0 radical (unpaired) electrons. The molecule has 0 spiro atoms. The minimum absolute atomic E-state index is 0.0375. The molecular weight excluding hydrogens is 300 g/mol. The van der Waals surface area contributed by atoms with Crippen molar-refractivity contribution < 1.29 is 24.2 Å². The van der Waals surface area contributed by atoms with Crippen LogP contribution in [-0.2, 0) is 16.0 Å². The van der Waals surface area contributed by atoms with Gasteiger partial charge in [0.15, 0.2) is 0 Å². The first-order valence-corrected chi connectivity index (χ1v) is 7.49. The van der Waals surface area contributed by atoms with Crippen LogP contribution in [0.2, 0.25) is 0 Å². The van der Waals surface area contributed by atoms with E-state index < -0.39 is 5.97 Å². The van der Waals surface area contributed by atoms with Gasteiger partial charge < -0.3 is 24.8 Å². The molecule has 126 valence electrons. The first kappa shape index (κ1) is 17.2. The minimum atomic E-state index is -0.966. The van der Waals surface area contributed by atoms with E-state index in [9.17, 15) is 9.59 Å². The van der Waals surface area contributed by atoms with E-state index in [1.165, 1.54) is 12.1 Å². The zero-order valence-corrected chi connectivity index (χ0v) is 13.3. The van der Waals surface area contributed by atoms with E-state index in [-0.39, 0.29) is 23.8 Å². The second-order valence-electron chi connectivity index (χ2n) is 5.59. The van der Waals surface area contributed by atoms with Gasteiger partial charge in [0.25, 0.3) is 0 Å². The Morgan fingerprint density at radius 3 is 2.65 bits per heavy atom. The highest BCUT2D eigenvalue weighted by Crippen LogP contribution is 2.12. The van der Waals surface area contributed by atoms with E-state index in [4.69, 9.17) is 14.6 Å². The molecule has 1 saturated heterocycles. The lowest BCUT2D eigenvalue weighted by Gasteiger charge is -2.36. The van der Waals surface area contributed by atoms with Crippen molar-refractivity contribution >= 4 is 12.0 Å². The Bertz CT molecular complexity index is 546. The van der Waals surface area contributed by atoms with Crippen LogP contribution in [0.3, 0.4) is 0 Å². The summed E-state index contributed by atoms with van der Waals surface area (Å²) in [4.78, 5) is 24.8. The van der Waals surface area contributed by atoms with Crippen LogP contribution in [0.1, 0.15) is 22.8 Å². The molecular formula is C16H22N2O5. The molecule has 1 aliphatic rings. The molecule has 2 N–H and O–H groups in total. The molecule has 2 amide bonds. The van der Waals surface area contributed by atoms with Crippen LogP contribution < -0.4 is 5.32 Å². The predicted molar refractivity (Wildman–Crippen MR) is 83.4 cm³/mol. The number of morpholine rings is 1. The zero-order chi connectivity index (χ0) is 16.8. The van der Waals surface area contributed by atoms with Gasteiger partial charge in [0.2, 0.25) is 0 Å². The lowest BCUT2D eigenvalue weighted by molar-refractivity contribution is -0.0897. The summed E-state index contributed by atoms with van der Waals surface area (Å²) in [6, 6.07) is 6.27. The van der Waals surface area contributed by atoms with Crippen molar-refractivity contribution in [2.75, 3.05) is 26.8 Å². The standard InChI is InChI=1S/C16H22N2O5/c1-11-8-18(9-14(23-11)10-22-2)16(21)17-7-12-3-5-13(6-4-12)15(19)20/h3-6,11,14H,7-10H2,1-2H3,(H,17,21)(H,19,20). The third-order valence-corrected chi connectivity index (χ3v) is 3.61. The molecule has 1 heterocycles. The molecule has 0 saturated carbocycles. The highest BCUT2D eigenvalue weighted by atomic mass is 16.5. The van der Waals surface area contributed by atoms with E-state index in [0.29, 0.717) is 26.2 Å². The lowest BCUT2D eigenvalue weighted by atomic mass is 10.1. The SMILES string of the molecule is COCC1CN(C(=O)NCc2ccc(C(=O)O)cc2)CC(C)O1. The summed E-state index contributed by atoms with van der Waals surface area (Å²) in [7, 11) is 1.60. The molecule has 2 unspecified atom stereocenters. The van der Waals surface area contributed by atoms with Crippen LogP contribution >= 0.6 is 0 Å². The summed E-state index contributed by atoms with van der Waals surface area (Å²) < 4.78 is 10.8. The normalized spacial score (nSPS) is 21.0. The molecule has 7 nitrogen and oxygen atoms in total.